The molecular formula is C57H77N9O8S. The topological polar surface area (TPSA) is 240 Å². The van der Waals surface area contributed by atoms with E-state index in [0.717, 1.165) is 16.5 Å². The van der Waals surface area contributed by atoms with Crippen molar-refractivity contribution in [1.29, 1.82) is 0 Å². The van der Waals surface area contributed by atoms with Gasteiger partial charge in [0.1, 0.15) is 48.3 Å². The highest BCUT2D eigenvalue weighted by atomic mass is 32.2. The third-order valence-corrected chi connectivity index (χ3v) is 14.7. The van der Waals surface area contributed by atoms with E-state index in [1.165, 1.54) is 16.7 Å². The summed E-state index contributed by atoms with van der Waals surface area (Å²) in [6, 6.07) is 16.5. The zero-order valence-electron chi connectivity index (χ0n) is 44.4. The predicted octanol–water partition coefficient (Wildman–Crippen LogP) is 4.49. The number of para-hydroxylation sites is 1. The first-order valence-electron chi connectivity index (χ1n) is 26.5. The minimum absolute atomic E-state index is 0.00906. The Morgan fingerprint density at radius 1 is 0.547 bits per heavy atom. The van der Waals surface area contributed by atoms with Crippen LogP contribution in [0.4, 0.5) is 0 Å². The van der Waals surface area contributed by atoms with Crippen molar-refractivity contribution in [2.75, 3.05) is 18.6 Å². The van der Waals surface area contributed by atoms with E-state index in [0.29, 0.717) is 36.1 Å². The number of amides is 8. The van der Waals surface area contributed by atoms with E-state index >= 15 is 0 Å². The molecule has 9 atom stereocenters. The Kier molecular flexibility index (Phi) is 21.3. The van der Waals surface area contributed by atoms with E-state index in [2.05, 4.69) is 42.2 Å². The lowest BCUT2D eigenvalue weighted by molar-refractivity contribution is -0.143. The van der Waals surface area contributed by atoms with Gasteiger partial charge in [-0.25, -0.2) is 0 Å². The molecule has 2 fully saturated rings. The first-order chi connectivity index (χ1) is 36.0. The number of nitrogens with one attached hydrogen (secondary N) is 8. The lowest BCUT2D eigenvalue weighted by Gasteiger charge is -2.32. The lowest BCUT2D eigenvalue weighted by Crippen LogP contribution is -2.62. The standard InChI is InChI=1S/C57H77N9O8S/c1-8-36(6)49-56(73)59-42(25-27-75-7)50(67)60-43(28-34(2)3)51(68)64-47(29-35(4)5)57(74)66-26-17-24-48(66)55(72)63-45(31-38-20-13-10-14-21-38)53(70)61-44(30-37-18-11-9-12-19-37)52(69)62-46(54(71)65-49)32-39-33-58-41-23-16-15-22-40(39)41/h9-16,18-23,33-36,42-49,58H,8,17,24-32H2,1-7H3,(H,59,73)(H,60,67)(H,61,70)(H,62,69)(H,63,72)(H,64,68)(H,65,71). The minimum Gasteiger partial charge on any atom is -0.361 e. The Morgan fingerprint density at radius 3 is 1.61 bits per heavy atom. The number of fused-ring (bicyclic) bond motifs is 2. The molecule has 9 unspecified atom stereocenters. The highest BCUT2D eigenvalue weighted by molar-refractivity contribution is 7.98. The normalized spacial score (nSPS) is 24.6. The Labute approximate surface area is 445 Å². The van der Waals surface area contributed by atoms with Crippen molar-refractivity contribution in [2.45, 2.75) is 148 Å². The maximum absolute atomic E-state index is 15.0. The number of hydrogen-bond donors (Lipinski definition) is 8. The molecule has 3 heterocycles. The average Bonchev–Trinajstić information content (AvgIpc) is 4.05. The molecule has 0 aliphatic carbocycles. The second-order valence-corrected chi connectivity index (χ2v) is 21.9. The van der Waals surface area contributed by atoms with Gasteiger partial charge in [-0.15, -0.1) is 0 Å². The molecule has 0 radical (unpaired) electrons. The quantitative estimate of drug-likeness (QED) is 0.0837. The predicted molar refractivity (Wildman–Crippen MR) is 292 cm³/mol. The second-order valence-electron chi connectivity index (χ2n) is 20.9. The molecule has 2 aliphatic heterocycles. The summed E-state index contributed by atoms with van der Waals surface area (Å²) < 4.78 is 0. The molecule has 17 nitrogen and oxygen atoms in total. The van der Waals surface area contributed by atoms with Crippen LogP contribution in [-0.2, 0) is 57.6 Å². The first-order valence-corrected chi connectivity index (χ1v) is 27.9. The van der Waals surface area contributed by atoms with Gasteiger partial charge in [0.05, 0.1) is 0 Å². The zero-order valence-corrected chi connectivity index (χ0v) is 45.2. The first kappa shape index (κ1) is 57.6. The fourth-order valence-electron chi connectivity index (χ4n) is 9.83. The Balaban J connectivity index is 1.45. The summed E-state index contributed by atoms with van der Waals surface area (Å²) in [5.74, 6) is -4.99. The van der Waals surface area contributed by atoms with Crippen molar-refractivity contribution >= 4 is 69.9 Å². The number of carbonyl (C=O) groups is 8. The molecule has 2 saturated heterocycles. The van der Waals surface area contributed by atoms with Crippen LogP contribution < -0.4 is 37.2 Å². The molecule has 1 aromatic heterocycles. The van der Waals surface area contributed by atoms with Crippen molar-refractivity contribution in [3.05, 3.63) is 108 Å². The summed E-state index contributed by atoms with van der Waals surface area (Å²) in [6.45, 7) is 11.6. The smallest absolute Gasteiger partial charge is 0.245 e. The van der Waals surface area contributed by atoms with Crippen molar-refractivity contribution in [1.82, 2.24) is 47.1 Å². The summed E-state index contributed by atoms with van der Waals surface area (Å²) in [5.41, 5.74) is 2.95. The number of H-pyrrole nitrogens is 1. The van der Waals surface area contributed by atoms with Crippen molar-refractivity contribution < 1.29 is 38.4 Å². The maximum Gasteiger partial charge on any atom is 0.245 e. The molecule has 4 aromatic rings. The molecule has 0 saturated carbocycles. The van der Waals surface area contributed by atoms with Crippen LogP contribution >= 0.6 is 11.8 Å². The summed E-state index contributed by atoms with van der Waals surface area (Å²) in [7, 11) is 0. The van der Waals surface area contributed by atoms with E-state index < -0.39 is 102 Å². The van der Waals surface area contributed by atoms with E-state index in [1.54, 1.807) is 6.20 Å². The second kappa shape index (κ2) is 27.7. The highest BCUT2D eigenvalue weighted by Gasteiger charge is 2.41. The van der Waals surface area contributed by atoms with Crippen LogP contribution in [0.5, 0.6) is 0 Å². The number of thioether (sulfide) groups is 1. The van der Waals surface area contributed by atoms with E-state index in [4.69, 9.17) is 0 Å². The van der Waals surface area contributed by atoms with Gasteiger partial charge in [-0.05, 0) is 84.6 Å². The molecule has 404 valence electrons. The molecule has 0 spiro atoms. The van der Waals surface area contributed by atoms with Gasteiger partial charge in [0.25, 0.3) is 0 Å². The van der Waals surface area contributed by atoms with Crippen LogP contribution in [0, 0.1) is 17.8 Å². The Bertz CT molecular complexity index is 2590. The molecule has 8 N–H and O–H groups in total. The molecular weight excluding hydrogens is 971 g/mol. The van der Waals surface area contributed by atoms with Gasteiger partial charge in [-0.2, -0.15) is 11.8 Å². The lowest BCUT2D eigenvalue weighted by atomic mass is 9.96. The number of carbonyl (C=O) groups excluding carboxylic acids is 8. The van der Waals surface area contributed by atoms with E-state index in [1.807, 2.05) is 133 Å². The third kappa shape index (κ3) is 16.2. The van der Waals surface area contributed by atoms with Crippen LogP contribution in [0.15, 0.2) is 91.1 Å². The molecule has 8 amide bonds. The number of benzene rings is 3. The molecule has 6 rings (SSSR count). The number of rotatable bonds is 15. The van der Waals surface area contributed by atoms with Crippen LogP contribution in [-0.4, -0.2) is 124 Å². The van der Waals surface area contributed by atoms with E-state index in [-0.39, 0.29) is 56.9 Å². The summed E-state index contributed by atoms with van der Waals surface area (Å²) in [6.07, 6.45) is 5.56. The summed E-state index contributed by atoms with van der Waals surface area (Å²) in [5, 5.41) is 21.3. The van der Waals surface area contributed by atoms with Gasteiger partial charge in [0.2, 0.25) is 47.3 Å². The molecule has 75 heavy (non-hydrogen) atoms. The monoisotopic (exact) mass is 1050 g/mol. The third-order valence-electron chi connectivity index (χ3n) is 14.1. The average molecular weight is 1050 g/mol. The van der Waals surface area contributed by atoms with Crippen molar-refractivity contribution in [3.63, 3.8) is 0 Å². The van der Waals surface area contributed by atoms with Gasteiger partial charge >= 0.3 is 0 Å². The molecule has 3 aromatic carbocycles. The van der Waals surface area contributed by atoms with Gasteiger partial charge in [0, 0.05) is 42.9 Å². The minimum atomic E-state index is -1.28. The Morgan fingerprint density at radius 2 is 1.03 bits per heavy atom. The highest BCUT2D eigenvalue weighted by Crippen LogP contribution is 2.23. The number of aromatic nitrogens is 1. The van der Waals surface area contributed by atoms with Gasteiger partial charge in [-0.1, -0.05) is 127 Å². The molecule has 2 aliphatic rings. The molecule has 0 bridgehead atoms. The maximum atomic E-state index is 15.0. The van der Waals surface area contributed by atoms with Gasteiger partial charge < -0.3 is 47.1 Å². The summed E-state index contributed by atoms with van der Waals surface area (Å²) in [4.78, 5) is 122. The summed E-state index contributed by atoms with van der Waals surface area (Å²) >= 11 is 1.47. The van der Waals surface area contributed by atoms with Gasteiger partial charge in [0.15, 0.2) is 0 Å². The number of nitrogens with zero attached hydrogens (tertiary/aromatic N) is 1. The van der Waals surface area contributed by atoms with E-state index in [9.17, 15) is 38.4 Å². The van der Waals surface area contributed by atoms with Crippen LogP contribution in [0.25, 0.3) is 10.9 Å². The number of hydrogen-bond acceptors (Lipinski definition) is 9. The zero-order chi connectivity index (χ0) is 54.2. The van der Waals surface area contributed by atoms with Crippen LogP contribution in [0.1, 0.15) is 96.8 Å². The van der Waals surface area contributed by atoms with Crippen molar-refractivity contribution in [3.8, 4) is 0 Å². The Hall–Kier alpha value is -6.69. The fourth-order valence-corrected chi connectivity index (χ4v) is 10.3. The van der Waals surface area contributed by atoms with Crippen molar-refractivity contribution in [2.24, 2.45) is 17.8 Å². The number of aromatic amines is 1. The van der Waals surface area contributed by atoms with Gasteiger partial charge in [-0.3, -0.25) is 38.4 Å². The van der Waals surface area contributed by atoms with Crippen LogP contribution in [0.2, 0.25) is 0 Å². The molecule has 18 heteroatoms. The largest absolute Gasteiger partial charge is 0.361 e. The SMILES string of the molecule is CCC(C)C1NC(=O)C(Cc2c[nH]c3ccccc23)NC(=O)C(Cc2ccccc2)NC(=O)C(Cc2ccccc2)NC(=O)C2CCCN2C(=O)C(CC(C)C)NC(=O)C(CC(C)C)NC(=O)C(CCSC)NC1=O. The fraction of sp³-hybridized carbons (Fsp3) is 0.509. The van der Waals surface area contributed by atoms with Crippen LogP contribution in [0.3, 0.4) is 0 Å².